The Kier molecular flexibility index (Phi) is 4.91. The average Bonchev–Trinajstić information content (AvgIpc) is 2.46. The molecule has 19 heavy (non-hydrogen) atoms. The summed E-state index contributed by atoms with van der Waals surface area (Å²) in [4.78, 5) is 18.5. The molecular weight excluding hydrogens is 238 g/mol. The third-order valence-corrected chi connectivity index (χ3v) is 3.65. The van der Waals surface area contributed by atoms with Gasteiger partial charge in [-0.3, -0.25) is 9.78 Å². The Labute approximate surface area is 115 Å². The molecule has 0 aromatic carbocycles. The van der Waals surface area contributed by atoms with Gasteiger partial charge in [0.2, 0.25) is 0 Å². The van der Waals surface area contributed by atoms with E-state index in [1.807, 2.05) is 17.0 Å². The summed E-state index contributed by atoms with van der Waals surface area (Å²) >= 11 is 0. The molecule has 1 aromatic heterocycles. The van der Waals surface area contributed by atoms with Gasteiger partial charge in [0.15, 0.2) is 0 Å². The molecule has 1 amide bonds. The van der Waals surface area contributed by atoms with Crippen LogP contribution in [0.25, 0.3) is 0 Å². The molecular formula is C15H23N3O. The number of carbonyl (C=O) groups excluding carboxylic acids is 1. The summed E-state index contributed by atoms with van der Waals surface area (Å²) < 4.78 is 0. The fourth-order valence-corrected chi connectivity index (χ4v) is 2.54. The van der Waals surface area contributed by atoms with E-state index in [1.165, 1.54) is 12.8 Å². The summed E-state index contributed by atoms with van der Waals surface area (Å²) in [5.41, 5.74) is 0.681. The topological polar surface area (TPSA) is 45.2 Å². The van der Waals surface area contributed by atoms with E-state index in [2.05, 4.69) is 24.1 Å². The lowest BCUT2D eigenvalue weighted by atomic mass is 9.98. The van der Waals surface area contributed by atoms with Crippen LogP contribution in [0.4, 0.5) is 0 Å². The molecule has 1 unspecified atom stereocenters. The second kappa shape index (κ2) is 6.66. The first kappa shape index (κ1) is 14.0. The highest BCUT2D eigenvalue weighted by Crippen LogP contribution is 2.15. The molecule has 1 aliphatic rings. The quantitative estimate of drug-likeness (QED) is 0.901. The number of carbonyl (C=O) groups is 1. The Hall–Kier alpha value is -1.42. The lowest BCUT2D eigenvalue weighted by molar-refractivity contribution is 0.0660. The number of amides is 1. The summed E-state index contributed by atoms with van der Waals surface area (Å²) in [5.74, 6) is 0.658. The third-order valence-electron chi connectivity index (χ3n) is 3.65. The Morgan fingerprint density at radius 1 is 1.58 bits per heavy atom. The Bertz CT molecular complexity index is 399. The van der Waals surface area contributed by atoms with Gasteiger partial charge in [0.1, 0.15) is 0 Å². The van der Waals surface area contributed by atoms with E-state index in [0.29, 0.717) is 11.5 Å². The Morgan fingerprint density at radius 2 is 2.42 bits per heavy atom. The summed E-state index contributed by atoms with van der Waals surface area (Å²) in [5, 5.41) is 3.41. The maximum atomic E-state index is 12.5. The van der Waals surface area contributed by atoms with Crippen LogP contribution in [0.1, 0.15) is 37.0 Å². The van der Waals surface area contributed by atoms with E-state index >= 15 is 0 Å². The number of hydrogen-bond donors (Lipinski definition) is 1. The van der Waals surface area contributed by atoms with E-state index in [-0.39, 0.29) is 11.9 Å². The molecule has 4 heteroatoms. The molecule has 0 spiro atoms. The van der Waals surface area contributed by atoms with E-state index in [9.17, 15) is 4.79 Å². The van der Waals surface area contributed by atoms with E-state index in [4.69, 9.17) is 0 Å². The number of nitrogens with zero attached hydrogens (tertiary/aromatic N) is 2. The molecule has 0 radical (unpaired) electrons. The zero-order valence-corrected chi connectivity index (χ0v) is 11.8. The van der Waals surface area contributed by atoms with Crippen LogP contribution in [-0.2, 0) is 0 Å². The SMILES string of the molecule is CC(C)N(CC1CCCNC1)C(=O)c1cccnc1. The van der Waals surface area contributed by atoms with Gasteiger partial charge in [-0.2, -0.15) is 0 Å². The van der Waals surface area contributed by atoms with E-state index < -0.39 is 0 Å². The van der Waals surface area contributed by atoms with Gasteiger partial charge in [-0.05, 0) is 57.8 Å². The van der Waals surface area contributed by atoms with Crippen LogP contribution >= 0.6 is 0 Å². The minimum Gasteiger partial charge on any atom is -0.336 e. The molecule has 1 aliphatic heterocycles. The maximum Gasteiger partial charge on any atom is 0.255 e. The Balaban J connectivity index is 2.05. The van der Waals surface area contributed by atoms with Gasteiger partial charge in [-0.25, -0.2) is 0 Å². The van der Waals surface area contributed by atoms with Crippen molar-refractivity contribution in [2.75, 3.05) is 19.6 Å². The van der Waals surface area contributed by atoms with Crippen molar-refractivity contribution in [3.8, 4) is 0 Å². The number of pyridine rings is 1. The summed E-state index contributed by atoms with van der Waals surface area (Å²) in [6.07, 6.45) is 5.76. The summed E-state index contributed by atoms with van der Waals surface area (Å²) in [7, 11) is 0. The third kappa shape index (κ3) is 3.77. The van der Waals surface area contributed by atoms with E-state index in [0.717, 1.165) is 19.6 Å². The van der Waals surface area contributed by atoms with Crippen molar-refractivity contribution < 1.29 is 4.79 Å². The molecule has 1 saturated heterocycles. The molecule has 1 fully saturated rings. The van der Waals surface area contributed by atoms with Crippen molar-refractivity contribution in [1.29, 1.82) is 0 Å². The first-order valence-electron chi connectivity index (χ1n) is 7.10. The largest absolute Gasteiger partial charge is 0.336 e. The number of rotatable bonds is 4. The van der Waals surface area contributed by atoms with Gasteiger partial charge in [0, 0.05) is 25.0 Å². The first-order valence-corrected chi connectivity index (χ1v) is 7.10. The molecule has 1 atom stereocenters. The van der Waals surface area contributed by atoms with Gasteiger partial charge in [0.05, 0.1) is 5.56 Å². The molecule has 4 nitrogen and oxygen atoms in total. The van der Waals surface area contributed by atoms with Gasteiger partial charge in [0.25, 0.3) is 5.91 Å². The predicted molar refractivity (Wildman–Crippen MR) is 76.0 cm³/mol. The van der Waals surface area contributed by atoms with Crippen molar-refractivity contribution in [3.05, 3.63) is 30.1 Å². The second-order valence-electron chi connectivity index (χ2n) is 5.51. The highest BCUT2D eigenvalue weighted by atomic mass is 16.2. The van der Waals surface area contributed by atoms with Crippen LogP contribution in [0.5, 0.6) is 0 Å². The minimum atomic E-state index is 0.0914. The van der Waals surface area contributed by atoms with Gasteiger partial charge < -0.3 is 10.2 Å². The van der Waals surface area contributed by atoms with Crippen LogP contribution in [0.2, 0.25) is 0 Å². The van der Waals surface area contributed by atoms with Crippen LogP contribution in [0, 0.1) is 5.92 Å². The zero-order chi connectivity index (χ0) is 13.7. The van der Waals surface area contributed by atoms with Gasteiger partial charge >= 0.3 is 0 Å². The molecule has 104 valence electrons. The van der Waals surface area contributed by atoms with Crippen molar-refractivity contribution in [1.82, 2.24) is 15.2 Å². The number of aromatic nitrogens is 1. The van der Waals surface area contributed by atoms with Crippen molar-refractivity contribution in [3.63, 3.8) is 0 Å². The van der Waals surface area contributed by atoms with Gasteiger partial charge in [-0.15, -0.1) is 0 Å². The zero-order valence-electron chi connectivity index (χ0n) is 11.8. The normalized spacial score (nSPS) is 19.4. The molecule has 1 aromatic rings. The van der Waals surface area contributed by atoms with Crippen molar-refractivity contribution in [2.24, 2.45) is 5.92 Å². The highest BCUT2D eigenvalue weighted by molar-refractivity contribution is 5.94. The monoisotopic (exact) mass is 261 g/mol. The lowest BCUT2D eigenvalue weighted by Gasteiger charge is -2.33. The molecule has 0 aliphatic carbocycles. The molecule has 0 bridgehead atoms. The predicted octanol–water partition coefficient (Wildman–Crippen LogP) is 1.93. The minimum absolute atomic E-state index is 0.0914. The first-order chi connectivity index (χ1) is 9.18. The average molecular weight is 261 g/mol. The summed E-state index contributed by atoms with van der Waals surface area (Å²) in [6.45, 7) is 7.10. The molecule has 2 heterocycles. The number of piperidine rings is 1. The Morgan fingerprint density at radius 3 is 3.00 bits per heavy atom. The number of hydrogen-bond acceptors (Lipinski definition) is 3. The summed E-state index contributed by atoms with van der Waals surface area (Å²) in [6, 6.07) is 3.87. The second-order valence-corrected chi connectivity index (χ2v) is 5.51. The lowest BCUT2D eigenvalue weighted by Crippen LogP contribution is -2.44. The van der Waals surface area contributed by atoms with Crippen molar-refractivity contribution in [2.45, 2.75) is 32.7 Å². The van der Waals surface area contributed by atoms with Crippen molar-refractivity contribution >= 4 is 5.91 Å². The fourth-order valence-electron chi connectivity index (χ4n) is 2.54. The maximum absolute atomic E-state index is 12.5. The van der Waals surface area contributed by atoms with Crippen LogP contribution in [-0.4, -0.2) is 41.5 Å². The van der Waals surface area contributed by atoms with Gasteiger partial charge in [-0.1, -0.05) is 0 Å². The van der Waals surface area contributed by atoms with Crippen LogP contribution in [0.15, 0.2) is 24.5 Å². The van der Waals surface area contributed by atoms with Crippen LogP contribution < -0.4 is 5.32 Å². The molecule has 0 saturated carbocycles. The van der Waals surface area contributed by atoms with E-state index in [1.54, 1.807) is 12.4 Å². The number of nitrogens with one attached hydrogen (secondary N) is 1. The standard InChI is InChI=1S/C15H23N3O/c1-12(2)18(11-13-5-3-7-16-9-13)15(19)14-6-4-8-17-10-14/h4,6,8,10,12-13,16H,3,5,7,9,11H2,1-2H3. The molecule has 2 rings (SSSR count). The molecule has 1 N–H and O–H groups in total. The smallest absolute Gasteiger partial charge is 0.255 e. The van der Waals surface area contributed by atoms with Crippen LogP contribution in [0.3, 0.4) is 0 Å². The highest BCUT2D eigenvalue weighted by Gasteiger charge is 2.23. The fraction of sp³-hybridized carbons (Fsp3) is 0.600.